The number of aromatic nitrogens is 3. The third kappa shape index (κ3) is 4.43. The van der Waals surface area contributed by atoms with E-state index >= 15 is 0 Å². The van der Waals surface area contributed by atoms with Crippen LogP contribution in [-0.2, 0) is 0 Å². The summed E-state index contributed by atoms with van der Waals surface area (Å²) in [4.78, 5) is 3.88. The van der Waals surface area contributed by atoms with Crippen LogP contribution < -0.4 is 10.1 Å². The average Bonchev–Trinajstić information content (AvgIpc) is 2.93. The lowest BCUT2D eigenvalue weighted by atomic mass is 10.3. The lowest BCUT2D eigenvalue weighted by Crippen LogP contribution is -2.17. The highest BCUT2D eigenvalue weighted by Crippen LogP contribution is 2.26. The van der Waals surface area contributed by atoms with Gasteiger partial charge in [-0.3, -0.25) is 0 Å². The van der Waals surface area contributed by atoms with Crippen LogP contribution in [0.2, 0.25) is 0 Å². The van der Waals surface area contributed by atoms with Crippen LogP contribution in [0.15, 0.2) is 48.8 Å². The number of nitrogens with zero attached hydrogens (tertiary/aromatic N) is 3. The first-order valence-electron chi connectivity index (χ1n) is 6.79. The molecule has 1 heterocycles. The molecule has 2 aromatic carbocycles. The van der Waals surface area contributed by atoms with Crippen LogP contribution in [0.3, 0.4) is 0 Å². The highest BCUT2D eigenvalue weighted by atomic mass is 19.4. The first-order chi connectivity index (χ1) is 11.8. The SMILES string of the molecule is Fc1cc(F)cc(-n2cnc(Nc3cccc(OC(F)(F)F)c3)n2)c1. The highest BCUT2D eigenvalue weighted by molar-refractivity contribution is 5.55. The van der Waals surface area contributed by atoms with Gasteiger partial charge in [-0.1, -0.05) is 6.07 Å². The summed E-state index contributed by atoms with van der Waals surface area (Å²) in [5.74, 6) is -1.95. The zero-order chi connectivity index (χ0) is 18.0. The van der Waals surface area contributed by atoms with Gasteiger partial charge in [0.05, 0.1) is 5.69 Å². The van der Waals surface area contributed by atoms with Crippen molar-refractivity contribution in [1.29, 1.82) is 0 Å². The van der Waals surface area contributed by atoms with Crippen molar-refractivity contribution >= 4 is 11.6 Å². The smallest absolute Gasteiger partial charge is 0.406 e. The van der Waals surface area contributed by atoms with Gasteiger partial charge in [-0.2, -0.15) is 4.98 Å². The Balaban J connectivity index is 1.78. The predicted molar refractivity (Wildman–Crippen MR) is 77.7 cm³/mol. The van der Waals surface area contributed by atoms with Gasteiger partial charge in [0.2, 0.25) is 5.95 Å². The van der Waals surface area contributed by atoms with Crippen LogP contribution in [-0.4, -0.2) is 21.1 Å². The average molecular weight is 356 g/mol. The van der Waals surface area contributed by atoms with Crippen LogP contribution in [0.25, 0.3) is 5.69 Å². The number of rotatable bonds is 4. The van der Waals surface area contributed by atoms with E-state index in [2.05, 4.69) is 20.1 Å². The Morgan fingerprint density at radius 3 is 2.40 bits per heavy atom. The molecule has 10 heteroatoms. The van der Waals surface area contributed by atoms with E-state index in [-0.39, 0.29) is 17.3 Å². The minimum absolute atomic E-state index is 0.0221. The molecule has 0 saturated carbocycles. The summed E-state index contributed by atoms with van der Waals surface area (Å²) in [7, 11) is 0. The molecule has 130 valence electrons. The Kier molecular flexibility index (Phi) is 4.26. The summed E-state index contributed by atoms with van der Waals surface area (Å²) in [6, 6.07) is 7.90. The molecule has 0 amide bonds. The van der Waals surface area contributed by atoms with E-state index in [9.17, 15) is 22.0 Å². The maximum Gasteiger partial charge on any atom is 0.573 e. The summed E-state index contributed by atoms with van der Waals surface area (Å²) in [6.45, 7) is 0. The molecular formula is C15H9F5N4O. The van der Waals surface area contributed by atoms with Gasteiger partial charge in [-0.25, -0.2) is 13.5 Å². The molecule has 5 nitrogen and oxygen atoms in total. The summed E-state index contributed by atoms with van der Waals surface area (Å²) >= 11 is 0. The Labute approximate surface area is 137 Å². The Hall–Kier alpha value is -3.17. The number of alkyl halides is 3. The number of benzene rings is 2. The van der Waals surface area contributed by atoms with Crippen molar-refractivity contribution in [3.8, 4) is 11.4 Å². The normalized spacial score (nSPS) is 11.4. The van der Waals surface area contributed by atoms with Crippen molar-refractivity contribution < 1.29 is 26.7 Å². The molecule has 1 N–H and O–H groups in total. The largest absolute Gasteiger partial charge is 0.573 e. The summed E-state index contributed by atoms with van der Waals surface area (Å²) < 4.78 is 68.0. The second-order valence-electron chi connectivity index (χ2n) is 4.84. The molecule has 0 aliphatic rings. The summed E-state index contributed by atoms with van der Waals surface area (Å²) in [5, 5.41) is 6.63. The zero-order valence-corrected chi connectivity index (χ0v) is 12.3. The van der Waals surface area contributed by atoms with Crippen molar-refractivity contribution in [2.24, 2.45) is 0 Å². The number of anilines is 2. The van der Waals surface area contributed by atoms with Crippen LogP contribution in [0.5, 0.6) is 5.75 Å². The molecule has 0 fully saturated rings. The number of halogens is 5. The molecule has 0 saturated heterocycles. The lowest BCUT2D eigenvalue weighted by Gasteiger charge is -2.10. The zero-order valence-electron chi connectivity index (χ0n) is 12.3. The molecule has 0 aliphatic carbocycles. The minimum atomic E-state index is -4.81. The molecule has 0 aliphatic heterocycles. The van der Waals surface area contributed by atoms with Gasteiger partial charge in [-0.05, 0) is 24.3 Å². The van der Waals surface area contributed by atoms with Crippen LogP contribution in [0, 0.1) is 11.6 Å². The van der Waals surface area contributed by atoms with E-state index in [1.807, 2.05) is 0 Å². The monoisotopic (exact) mass is 356 g/mol. The molecule has 25 heavy (non-hydrogen) atoms. The van der Waals surface area contributed by atoms with E-state index in [0.29, 0.717) is 6.07 Å². The second-order valence-corrected chi connectivity index (χ2v) is 4.84. The lowest BCUT2D eigenvalue weighted by molar-refractivity contribution is -0.274. The van der Waals surface area contributed by atoms with E-state index in [1.165, 1.54) is 18.5 Å². The van der Waals surface area contributed by atoms with Gasteiger partial charge >= 0.3 is 6.36 Å². The topological polar surface area (TPSA) is 52.0 Å². The number of hydrogen-bond donors (Lipinski definition) is 1. The maximum absolute atomic E-state index is 13.2. The Bertz CT molecular complexity index is 873. The summed E-state index contributed by atoms with van der Waals surface area (Å²) in [5.41, 5.74) is 0.345. The van der Waals surface area contributed by atoms with Gasteiger partial charge < -0.3 is 10.1 Å². The third-order valence-corrected chi connectivity index (χ3v) is 2.93. The van der Waals surface area contributed by atoms with Crippen LogP contribution >= 0.6 is 0 Å². The molecule has 3 aromatic rings. The molecule has 0 radical (unpaired) electrons. The summed E-state index contributed by atoms with van der Waals surface area (Å²) in [6.07, 6.45) is -3.60. The van der Waals surface area contributed by atoms with Crippen molar-refractivity contribution in [1.82, 2.24) is 14.8 Å². The first kappa shape index (κ1) is 16.7. The number of ether oxygens (including phenoxy) is 1. The maximum atomic E-state index is 13.2. The van der Waals surface area contributed by atoms with Gasteiger partial charge in [0.1, 0.15) is 23.7 Å². The Morgan fingerprint density at radius 2 is 1.72 bits per heavy atom. The molecule has 1 aromatic heterocycles. The van der Waals surface area contributed by atoms with E-state index in [1.54, 1.807) is 0 Å². The second kappa shape index (κ2) is 6.38. The van der Waals surface area contributed by atoms with Crippen LogP contribution in [0.1, 0.15) is 0 Å². The highest BCUT2D eigenvalue weighted by Gasteiger charge is 2.31. The van der Waals surface area contributed by atoms with Crippen molar-refractivity contribution in [3.63, 3.8) is 0 Å². The number of hydrogen-bond acceptors (Lipinski definition) is 4. The molecule has 0 spiro atoms. The standard InChI is InChI=1S/C15H9F5N4O/c16-9-4-10(17)6-12(5-9)24-8-21-14(23-24)22-11-2-1-3-13(7-11)25-15(18,19)20/h1-8H,(H,22,23). The molecular weight excluding hydrogens is 347 g/mol. The third-order valence-electron chi connectivity index (χ3n) is 2.93. The fraction of sp³-hybridized carbons (Fsp3) is 0.0667. The van der Waals surface area contributed by atoms with Crippen LogP contribution in [0.4, 0.5) is 33.6 Å². The van der Waals surface area contributed by atoms with Crippen molar-refractivity contribution in [2.45, 2.75) is 6.36 Å². The van der Waals surface area contributed by atoms with Crippen molar-refractivity contribution in [3.05, 3.63) is 60.4 Å². The number of nitrogens with one attached hydrogen (secondary N) is 1. The quantitative estimate of drug-likeness (QED) is 0.713. The predicted octanol–water partition coefficient (Wildman–Crippen LogP) is 4.19. The first-order valence-corrected chi connectivity index (χ1v) is 6.79. The molecule has 0 bridgehead atoms. The van der Waals surface area contributed by atoms with E-state index in [0.717, 1.165) is 28.9 Å². The molecule has 0 atom stereocenters. The Morgan fingerprint density at radius 1 is 1.00 bits per heavy atom. The van der Waals surface area contributed by atoms with Crippen molar-refractivity contribution in [2.75, 3.05) is 5.32 Å². The van der Waals surface area contributed by atoms with Gasteiger partial charge in [0.25, 0.3) is 0 Å². The van der Waals surface area contributed by atoms with E-state index < -0.39 is 23.7 Å². The molecule has 0 unspecified atom stereocenters. The van der Waals surface area contributed by atoms with Gasteiger partial charge in [0, 0.05) is 17.8 Å². The minimum Gasteiger partial charge on any atom is -0.406 e. The van der Waals surface area contributed by atoms with Gasteiger partial charge in [0.15, 0.2) is 0 Å². The molecule has 3 rings (SSSR count). The fourth-order valence-corrected chi connectivity index (χ4v) is 2.02. The van der Waals surface area contributed by atoms with Gasteiger partial charge in [-0.15, -0.1) is 18.3 Å². The fourth-order valence-electron chi connectivity index (χ4n) is 2.02. The van der Waals surface area contributed by atoms with E-state index in [4.69, 9.17) is 0 Å².